The van der Waals surface area contributed by atoms with Gasteiger partial charge in [0.1, 0.15) is 4.90 Å². The molecule has 5 nitrogen and oxygen atoms in total. The van der Waals surface area contributed by atoms with Gasteiger partial charge < -0.3 is 10.3 Å². The minimum atomic E-state index is -3.66. The first-order chi connectivity index (χ1) is 9.33. The van der Waals surface area contributed by atoms with Crippen LogP contribution < -0.4 is 10.5 Å². The normalized spacial score (nSPS) is 11.6. The zero-order valence-electron chi connectivity index (χ0n) is 10.6. The Bertz CT molecular complexity index is 743. The summed E-state index contributed by atoms with van der Waals surface area (Å²) < 4.78 is 29.4. The van der Waals surface area contributed by atoms with Crippen LogP contribution in [0.3, 0.4) is 0 Å². The van der Waals surface area contributed by atoms with Crippen molar-refractivity contribution in [3.8, 4) is 0 Å². The van der Waals surface area contributed by atoms with Gasteiger partial charge in [0.2, 0.25) is 0 Å². The Kier molecular flexibility index (Phi) is 4.43. The molecule has 0 aliphatic heterocycles. The fraction of sp³-hybridized carbons (Fsp3) is 0.167. The number of nitrogens with zero attached hydrogens (tertiary/aromatic N) is 1. The minimum Gasteiger partial charge on any atom is -0.352 e. The van der Waals surface area contributed by atoms with Crippen LogP contribution >= 0.6 is 27.5 Å². The number of benzene rings is 1. The minimum absolute atomic E-state index is 0.169. The molecule has 0 bridgehead atoms. The Morgan fingerprint density at radius 1 is 1.40 bits per heavy atom. The highest BCUT2D eigenvalue weighted by atomic mass is 79.9. The van der Waals surface area contributed by atoms with Crippen molar-refractivity contribution in [2.45, 2.75) is 11.4 Å². The van der Waals surface area contributed by atoms with Gasteiger partial charge >= 0.3 is 0 Å². The fourth-order valence-corrected chi connectivity index (χ4v) is 3.79. The topological polar surface area (TPSA) is 77.1 Å². The highest BCUT2D eigenvalue weighted by molar-refractivity contribution is 9.10. The van der Waals surface area contributed by atoms with Gasteiger partial charge in [-0.1, -0.05) is 11.6 Å². The second-order valence-corrected chi connectivity index (χ2v) is 7.19. The Morgan fingerprint density at radius 3 is 2.65 bits per heavy atom. The molecule has 8 heteroatoms. The average Bonchev–Trinajstić information content (AvgIpc) is 2.75. The predicted octanol–water partition coefficient (Wildman–Crippen LogP) is 2.70. The van der Waals surface area contributed by atoms with Crippen molar-refractivity contribution in [2.75, 3.05) is 4.72 Å². The van der Waals surface area contributed by atoms with Crippen LogP contribution in [0.2, 0.25) is 5.02 Å². The lowest BCUT2D eigenvalue weighted by atomic mass is 10.3. The summed E-state index contributed by atoms with van der Waals surface area (Å²) in [5.41, 5.74) is 6.70. The molecule has 108 valence electrons. The zero-order valence-corrected chi connectivity index (χ0v) is 13.8. The zero-order chi connectivity index (χ0) is 14.9. The number of aromatic nitrogens is 1. The van der Waals surface area contributed by atoms with E-state index in [2.05, 4.69) is 20.7 Å². The first-order valence-corrected chi connectivity index (χ1v) is 8.32. The standard InChI is InChI=1S/C12H13BrClN3O2S/c1-17-7-10(5-9(17)6-15)20(18,19)16-12-3-2-8(14)4-11(12)13/h2-5,7,16H,6,15H2,1H3. The second kappa shape index (κ2) is 5.77. The van der Waals surface area contributed by atoms with Gasteiger partial charge in [-0.05, 0) is 40.2 Å². The highest BCUT2D eigenvalue weighted by Gasteiger charge is 2.18. The molecule has 0 amide bonds. The number of hydrogen-bond donors (Lipinski definition) is 2. The Labute approximate surface area is 130 Å². The molecule has 0 atom stereocenters. The first kappa shape index (κ1) is 15.4. The molecule has 20 heavy (non-hydrogen) atoms. The smallest absolute Gasteiger partial charge is 0.263 e. The number of aryl methyl sites for hydroxylation is 1. The SMILES string of the molecule is Cn1cc(S(=O)(=O)Nc2ccc(Cl)cc2Br)cc1CN. The Balaban J connectivity index is 2.35. The molecule has 0 fully saturated rings. The molecule has 0 aliphatic rings. The van der Waals surface area contributed by atoms with E-state index in [1.54, 1.807) is 35.9 Å². The Hall–Kier alpha value is -1.02. The molecule has 0 saturated heterocycles. The van der Waals surface area contributed by atoms with Crippen LogP contribution in [0.5, 0.6) is 0 Å². The summed E-state index contributed by atoms with van der Waals surface area (Å²) in [5, 5.41) is 0.518. The highest BCUT2D eigenvalue weighted by Crippen LogP contribution is 2.28. The third kappa shape index (κ3) is 3.17. The van der Waals surface area contributed by atoms with E-state index in [1.165, 1.54) is 6.20 Å². The van der Waals surface area contributed by atoms with Crippen LogP contribution in [-0.4, -0.2) is 13.0 Å². The summed E-state index contributed by atoms with van der Waals surface area (Å²) in [6.07, 6.45) is 1.52. The van der Waals surface area contributed by atoms with Gasteiger partial charge in [0.25, 0.3) is 10.0 Å². The van der Waals surface area contributed by atoms with Gasteiger partial charge in [-0.25, -0.2) is 8.42 Å². The molecule has 0 spiro atoms. The van der Waals surface area contributed by atoms with Crippen molar-refractivity contribution in [3.05, 3.63) is 45.7 Å². The maximum absolute atomic E-state index is 12.3. The summed E-state index contributed by atoms with van der Waals surface area (Å²) in [5.74, 6) is 0. The molecule has 1 aromatic carbocycles. The van der Waals surface area contributed by atoms with Gasteiger partial charge in [-0.3, -0.25) is 4.72 Å². The van der Waals surface area contributed by atoms with Gasteiger partial charge in [0.05, 0.1) is 5.69 Å². The number of nitrogens with two attached hydrogens (primary N) is 1. The van der Waals surface area contributed by atoms with Gasteiger partial charge in [0, 0.05) is 35.0 Å². The van der Waals surface area contributed by atoms with E-state index in [0.29, 0.717) is 15.2 Å². The van der Waals surface area contributed by atoms with Crippen LogP contribution in [0.15, 0.2) is 39.8 Å². The van der Waals surface area contributed by atoms with Crippen molar-refractivity contribution in [1.29, 1.82) is 0 Å². The van der Waals surface area contributed by atoms with E-state index < -0.39 is 10.0 Å². The molecule has 1 aromatic heterocycles. The maximum Gasteiger partial charge on any atom is 0.263 e. The summed E-state index contributed by atoms with van der Waals surface area (Å²) in [4.78, 5) is 0.169. The third-order valence-electron chi connectivity index (χ3n) is 2.78. The van der Waals surface area contributed by atoms with Crippen LogP contribution in [0.25, 0.3) is 0 Å². The number of anilines is 1. The van der Waals surface area contributed by atoms with E-state index in [-0.39, 0.29) is 11.4 Å². The third-order valence-corrected chi connectivity index (χ3v) is 5.00. The van der Waals surface area contributed by atoms with Gasteiger partial charge in [-0.15, -0.1) is 0 Å². The summed E-state index contributed by atoms with van der Waals surface area (Å²) in [6, 6.07) is 6.37. The predicted molar refractivity (Wildman–Crippen MR) is 83.3 cm³/mol. The molecule has 0 aliphatic carbocycles. The number of rotatable bonds is 4. The molecule has 2 aromatic rings. The average molecular weight is 379 g/mol. The van der Waals surface area contributed by atoms with Crippen molar-refractivity contribution in [1.82, 2.24) is 4.57 Å². The van der Waals surface area contributed by atoms with E-state index in [4.69, 9.17) is 17.3 Å². The van der Waals surface area contributed by atoms with Crippen molar-refractivity contribution in [3.63, 3.8) is 0 Å². The molecular formula is C12H13BrClN3O2S. The van der Waals surface area contributed by atoms with Gasteiger partial charge in [0.15, 0.2) is 0 Å². The molecule has 2 rings (SSSR count). The number of hydrogen-bond acceptors (Lipinski definition) is 3. The maximum atomic E-state index is 12.3. The van der Waals surface area contributed by atoms with E-state index in [9.17, 15) is 8.42 Å². The van der Waals surface area contributed by atoms with Crippen molar-refractivity contribution in [2.24, 2.45) is 12.8 Å². The van der Waals surface area contributed by atoms with Crippen molar-refractivity contribution < 1.29 is 8.42 Å². The fourth-order valence-electron chi connectivity index (χ4n) is 1.70. The van der Waals surface area contributed by atoms with Crippen LogP contribution in [-0.2, 0) is 23.6 Å². The van der Waals surface area contributed by atoms with Gasteiger partial charge in [-0.2, -0.15) is 0 Å². The molecular weight excluding hydrogens is 366 g/mol. The van der Waals surface area contributed by atoms with Crippen LogP contribution in [0, 0.1) is 0 Å². The van der Waals surface area contributed by atoms with Crippen LogP contribution in [0.4, 0.5) is 5.69 Å². The Morgan fingerprint density at radius 2 is 2.10 bits per heavy atom. The molecule has 0 saturated carbocycles. The number of nitrogens with one attached hydrogen (secondary N) is 1. The molecule has 0 radical (unpaired) electrons. The summed E-state index contributed by atoms with van der Waals surface area (Å²) in [6.45, 7) is 0.274. The lowest BCUT2D eigenvalue weighted by Crippen LogP contribution is -2.12. The van der Waals surface area contributed by atoms with E-state index in [0.717, 1.165) is 5.69 Å². The quantitative estimate of drug-likeness (QED) is 0.858. The largest absolute Gasteiger partial charge is 0.352 e. The van der Waals surface area contributed by atoms with Crippen LogP contribution in [0.1, 0.15) is 5.69 Å². The summed E-state index contributed by atoms with van der Waals surface area (Å²) in [7, 11) is -1.91. The summed E-state index contributed by atoms with van der Waals surface area (Å²) >= 11 is 9.09. The lowest BCUT2D eigenvalue weighted by Gasteiger charge is -2.08. The monoisotopic (exact) mass is 377 g/mol. The lowest BCUT2D eigenvalue weighted by molar-refractivity contribution is 0.601. The van der Waals surface area contributed by atoms with Crippen molar-refractivity contribution >= 4 is 43.2 Å². The van der Waals surface area contributed by atoms with E-state index >= 15 is 0 Å². The number of sulfonamides is 1. The second-order valence-electron chi connectivity index (χ2n) is 4.21. The number of halogens is 2. The molecule has 3 N–H and O–H groups in total. The van der Waals surface area contributed by atoms with E-state index in [1.807, 2.05) is 0 Å². The molecule has 1 heterocycles. The first-order valence-electron chi connectivity index (χ1n) is 5.66. The molecule has 0 unspecified atom stereocenters.